The summed E-state index contributed by atoms with van der Waals surface area (Å²) in [4.78, 5) is 6.54. The maximum atomic E-state index is 12.6. The summed E-state index contributed by atoms with van der Waals surface area (Å²) in [5, 5.41) is 3.07. The van der Waals surface area contributed by atoms with E-state index in [1.165, 1.54) is 6.07 Å². The average Bonchev–Trinajstić information content (AvgIpc) is 2.32. The maximum absolute atomic E-state index is 12.6. The number of hydrogen-bond donors (Lipinski definition) is 2. The first-order valence-electron chi connectivity index (χ1n) is 5.50. The van der Waals surface area contributed by atoms with Gasteiger partial charge in [0.25, 0.3) is 0 Å². The Morgan fingerprint density at radius 2 is 1.90 bits per heavy atom. The molecule has 0 saturated heterocycles. The van der Waals surface area contributed by atoms with Crippen molar-refractivity contribution in [1.29, 1.82) is 0 Å². The molecular weight excluding hydrogens is 293 g/mol. The van der Waals surface area contributed by atoms with E-state index in [4.69, 9.17) is 17.3 Å². The van der Waals surface area contributed by atoms with Crippen molar-refractivity contribution in [2.24, 2.45) is 0 Å². The largest absolute Gasteiger partial charge is 0.451 e. The van der Waals surface area contributed by atoms with Crippen LogP contribution in [0.4, 0.5) is 30.5 Å². The predicted molar refractivity (Wildman–Crippen MR) is 70.9 cm³/mol. The molecule has 0 aliphatic heterocycles. The zero-order valence-corrected chi connectivity index (χ0v) is 11.0. The molecule has 106 valence electrons. The van der Waals surface area contributed by atoms with E-state index in [1.54, 1.807) is 18.2 Å². The number of hydrogen-bond acceptors (Lipinski definition) is 4. The van der Waals surface area contributed by atoms with Crippen LogP contribution in [0.5, 0.6) is 0 Å². The molecule has 0 aliphatic rings. The molecule has 0 spiro atoms. The first kappa shape index (κ1) is 14.4. The van der Waals surface area contributed by atoms with Crippen LogP contribution < -0.4 is 11.1 Å². The molecule has 0 unspecified atom stereocenters. The van der Waals surface area contributed by atoms with E-state index in [1.807, 2.05) is 6.92 Å². The van der Waals surface area contributed by atoms with Crippen LogP contribution >= 0.6 is 11.6 Å². The standard InChI is InChI=1S/C12H10ClF3N4/c1-6-2-3-7(13)8(4-6)18-10-5-9(17)19-11(20-10)12(14,15)16/h2-5H,1H3,(H3,17,18,19,20). The number of halogens is 4. The van der Waals surface area contributed by atoms with Crippen molar-refractivity contribution in [2.75, 3.05) is 11.1 Å². The summed E-state index contributed by atoms with van der Waals surface area (Å²) in [6, 6.07) is 6.30. The van der Waals surface area contributed by atoms with E-state index in [0.717, 1.165) is 5.56 Å². The Morgan fingerprint density at radius 3 is 2.55 bits per heavy atom. The molecule has 0 radical (unpaired) electrons. The fourth-order valence-corrected chi connectivity index (χ4v) is 1.69. The molecule has 0 amide bonds. The lowest BCUT2D eigenvalue weighted by Crippen LogP contribution is -2.13. The first-order chi connectivity index (χ1) is 9.25. The molecule has 20 heavy (non-hydrogen) atoms. The van der Waals surface area contributed by atoms with Crippen molar-refractivity contribution in [3.8, 4) is 0 Å². The Hall–Kier alpha value is -2.02. The van der Waals surface area contributed by atoms with Gasteiger partial charge in [-0.3, -0.25) is 0 Å². The first-order valence-corrected chi connectivity index (χ1v) is 5.88. The lowest BCUT2D eigenvalue weighted by molar-refractivity contribution is -0.144. The molecular formula is C12H10ClF3N4. The van der Waals surface area contributed by atoms with E-state index in [2.05, 4.69) is 15.3 Å². The monoisotopic (exact) mass is 302 g/mol. The number of anilines is 3. The number of nitrogens with two attached hydrogens (primary N) is 1. The van der Waals surface area contributed by atoms with Crippen LogP contribution in [-0.2, 0) is 6.18 Å². The zero-order chi connectivity index (χ0) is 14.9. The Bertz CT molecular complexity index is 643. The average molecular weight is 303 g/mol. The number of aromatic nitrogens is 2. The van der Waals surface area contributed by atoms with Gasteiger partial charge in [0.05, 0.1) is 10.7 Å². The van der Waals surface area contributed by atoms with Crippen molar-refractivity contribution in [3.63, 3.8) is 0 Å². The number of benzene rings is 1. The Labute approximate surface area is 117 Å². The summed E-state index contributed by atoms with van der Waals surface area (Å²) in [5.74, 6) is -1.65. The quantitative estimate of drug-likeness (QED) is 0.886. The summed E-state index contributed by atoms with van der Waals surface area (Å²) in [6.07, 6.45) is -4.66. The van der Waals surface area contributed by atoms with Crippen LogP contribution in [0.3, 0.4) is 0 Å². The van der Waals surface area contributed by atoms with Gasteiger partial charge >= 0.3 is 6.18 Å². The van der Waals surface area contributed by atoms with Crippen LogP contribution in [0.25, 0.3) is 0 Å². The van der Waals surface area contributed by atoms with Gasteiger partial charge in [0.2, 0.25) is 5.82 Å². The number of alkyl halides is 3. The van der Waals surface area contributed by atoms with Crippen molar-refractivity contribution < 1.29 is 13.2 Å². The van der Waals surface area contributed by atoms with Gasteiger partial charge in [0.1, 0.15) is 11.6 Å². The highest BCUT2D eigenvalue weighted by molar-refractivity contribution is 6.33. The molecule has 2 aromatic rings. The van der Waals surface area contributed by atoms with Gasteiger partial charge in [0, 0.05) is 6.07 Å². The molecule has 0 bridgehead atoms. The minimum absolute atomic E-state index is 0.0719. The summed E-state index contributed by atoms with van der Waals surface area (Å²) in [6.45, 7) is 1.83. The molecule has 4 nitrogen and oxygen atoms in total. The molecule has 0 atom stereocenters. The molecule has 0 fully saturated rings. The van der Waals surface area contributed by atoms with E-state index in [-0.39, 0.29) is 11.6 Å². The van der Waals surface area contributed by atoms with Gasteiger partial charge in [-0.25, -0.2) is 9.97 Å². The molecule has 8 heteroatoms. The molecule has 0 aliphatic carbocycles. The zero-order valence-electron chi connectivity index (χ0n) is 10.3. The van der Waals surface area contributed by atoms with Gasteiger partial charge < -0.3 is 11.1 Å². The number of aryl methyl sites for hydroxylation is 1. The minimum Gasteiger partial charge on any atom is -0.384 e. The molecule has 3 N–H and O–H groups in total. The lowest BCUT2D eigenvalue weighted by Gasteiger charge is -2.11. The third-order valence-corrected chi connectivity index (χ3v) is 2.71. The molecule has 1 heterocycles. The fraction of sp³-hybridized carbons (Fsp3) is 0.167. The van der Waals surface area contributed by atoms with Crippen molar-refractivity contribution in [3.05, 3.63) is 40.7 Å². The van der Waals surface area contributed by atoms with Gasteiger partial charge in [-0.2, -0.15) is 13.2 Å². The van der Waals surface area contributed by atoms with Gasteiger partial charge in [0.15, 0.2) is 0 Å². The van der Waals surface area contributed by atoms with Crippen molar-refractivity contribution >= 4 is 28.9 Å². The summed E-state index contributed by atoms with van der Waals surface area (Å²) < 4.78 is 37.8. The van der Waals surface area contributed by atoms with E-state index >= 15 is 0 Å². The van der Waals surface area contributed by atoms with Crippen LogP contribution in [0.2, 0.25) is 5.02 Å². The fourth-order valence-electron chi connectivity index (χ4n) is 1.53. The number of nitrogen functional groups attached to an aromatic ring is 1. The van der Waals surface area contributed by atoms with E-state index in [0.29, 0.717) is 10.7 Å². The maximum Gasteiger partial charge on any atom is 0.451 e. The Balaban J connectivity index is 2.39. The number of nitrogens with zero attached hydrogens (tertiary/aromatic N) is 2. The number of rotatable bonds is 2. The predicted octanol–water partition coefficient (Wildman–Crippen LogP) is 3.78. The second-order valence-electron chi connectivity index (χ2n) is 4.11. The highest BCUT2D eigenvalue weighted by atomic mass is 35.5. The normalized spacial score (nSPS) is 11.4. The van der Waals surface area contributed by atoms with Crippen molar-refractivity contribution in [2.45, 2.75) is 13.1 Å². The minimum atomic E-state index is -4.66. The smallest absolute Gasteiger partial charge is 0.384 e. The molecule has 1 aromatic carbocycles. The van der Waals surface area contributed by atoms with Crippen LogP contribution in [0.1, 0.15) is 11.4 Å². The molecule has 2 rings (SSSR count). The van der Waals surface area contributed by atoms with Crippen LogP contribution in [-0.4, -0.2) is 9.97 Å². The SMILES string of the molecule is Cc1ccc(Cl)c(Nc2cc(N)nc(C(F)(F)F)n2)c1. The number of nitrogens with one attached hydrogen (secondary N) is 1. The van der Waals surface area contributed by atoms with Crippen LogP contribution in [0, 0.1) is 6.92 Å². The summed E-state index contributed by atoms with van der Waals surface area (Å²) >= 11 is 5.96. The van der Waals surface area contributed by atoms with E-state index in [9.17, 15) is 13.2 Å². The van der Waals surface area contributed by atoms with Crippen LogP contribution in [0.15, 0.2) is 24.3 Å². The molecule has 0 saturated carbocycles. The van der Waals surface area contributed by atoms with E-state index < -0.39 is 12.0 Å². The Morgan fingerprint density at radius 1 is 1.20 bits per heavy atom. The third kappa shape index (κ3) is 3.30. The third-order valence-electron chi connectivity index (χ3n) is 2.38. The summed E-state index contributed by atoms with van der Waals surface area (Å²) in [5.41, 5.74) is 6.69. The van der Waals surface area contributed by atoms with Gasteiger partial charge in [-0.1, -0.05) is 17.7 Å². The van der Waals surface area contributed by atoms with Gasteiger partial charge in [-0.05, 0) is 24.6 Å². The van der Waals surface area contributed by atoms with Gasteiger partial charge in [-0.15, -0.1) is 0 Å². The second kappa shape index (κ2) is 5.16. The summed E-state index contributed by atoms with van der Waals surface area (Å²) in [7, 11) is 0. The molecule has 1 aromatic heterocycles. The second-order valence-corrected chi connectivity index (χ2v) is 4.51. The lowest BCUT2D eigenvalue weighted by atomic mass is 10.2. The van der Waals surface area contributed by atoms with Crippen molar-refractivity contribution in [1.82, 2.24) is 9.97 Å². The topological polar surface area (TPSA) is 63.8 Å². The highest BCUT2D eigenvalue weighted by Gasteiger charge is 2.35. The highest BCUT2D eigenvalue weighted by Crippen LogP contribution is 2.30. The Kier molecular flexibility index (Phi) is 3.71.